The Labute approximate surface area is 215 Å². The number of benzene rings is 4. The fraction of sp³-hybridized carbons (Fsp3) is 0.133. The summed E-state index contributed by atoms with van der Waals surface area (Å²) in [5, 5.41) is 3.71. The Bertz CT molecular complexity index is 1450. The van der Waals surface area contributed by atoms with E-state index in [1.54, 1.807) is 0 Å². The summed E-state index contributed by atoms with van der Waals surface area (Å²) in [7, 11) is 0. The molecule has 180 valence electrons. The first kappa shape index (κ1) is 23.6. The number of nitrogens with zero attached hydrogens (tertiary/aromatic N) is 2. The number of imidazole rings is 1. The first-order valence-electron chi connectivity index (χ1n) is 11.9. The van der Waals surface area contributed by atoms with Crippen molar-refractivity contribution in [1.29, 1.82) is 0 Å². The van der Waals surface area contributed by atoms with E-state index in [0.29, 0.717) is 30.3 Å². The number of aromatic nitrogens is 2. The smallest absolute Gasteiger partial charge is 0.251 e. The lowest BCUT2D eigenvalue weighted by Crippen LogP contribution is -2.25. The summed E-state index contributed by atoms with van der Waals surface area (Å²) in [6.07, 6.45) is 0.783. The second kappa shape index (κ2) is 11.1. The third-order valence-electron chi connectivity index (χ3n) is 6.00. The number of halogens is 1. The zero-order valence-corrected chi connectivity index (χ0v) is 20.5. The Kier molecular flexibility index (Phi) is 7.29. The van der Waals surface area contributed by atoms with Crippen LogP contribution < -0.4 is 10.1 Å². The second-order valence-electron chi connectivity index (χ2n) is 8.54. The van der Waals surface area contributed by atoms with Crippen molar-refractivity contribution in [3.05, 3.63) is 131 Å². The van der Waals surface area contributed by atoms with Crippen LogP contribution in [0.5, 0.6) is 5.75 Å². The maximum absolute atomic E-state index is 12.8. The third kappa shape index (κ3) is 5.75. The average molecular weight is 496 g/mol. The normalized spacial score (nSPS) is 10.9. The highest BCUT2D eigenvalue weighted by atomic mass is 35.5. The monoisotopic (exact) mass is 495 g/mol. The van der Waals surface area contributed by atoms with Gasteiger partial charge in [0.05, 0.1) is 11.0 Å². The molecular weight excluding hydrogens is 470 g/mol. The number of amides is 1. The molecule has 0 saturated carbocycles. The molecule has 0 unspecified atom stereocenters. The number of carbonyl (C=O) groups excluding carboxylic acids is 1. The number of fused-ring (bicyclic) bond motifs is 1. The van der Waals surface area contributed by atoms with Crippen LogP contribution in [0.1, 0.15) is 27.3 Å². The molecule has 0 radical (unpaired) electrons. The zero-order chi connectivity index (χ0) is 24.7. The Balaban J connectivity index is 1.37. The van der Waals surface area contributed by atoms with E-state index in [4.69, 9.17) is 21.3 Å². The van der Waals surface area contributed by atoms with Crippen LogP contribution in [0, 0.1) is 0 Å². The van der Waals surface area contributed by atoms with E-state index >= 15 is 0 Å². The molecule has 0 aliphatic rings. The molecule has 0 saturated heterocycles. The molecule has 1 heterocycles. The molecule has 0 fully saturated rings. The van der Waals surface area contributed by atoms with Gasteiger partial charge in [-0.05, 0) is 60.0 Å². The van der Waals surface area contributed by atoms with E-state index in [9.17, 15) is 4.79 Å². The van der Waals surface area contributed by atoms with Crippen molar-refractivity contribution in [2.75, 3.05) is 6.54 Å². The van der Waals surface area contributed by atoms with Crippen molar-refractivity contribution < 1.29 is 9.53 Å². The molecule has 4 aromatic carbocycles. The van der Waals surface area contributed by atoms with Gasteiger partial charge in [-0.3, -0.25) is 4.79 Å². The van der Waals surface area contributed by atoms with Gasteiger partial charge in [-0.15, -0.1) is 0 Å². The largest absolute Gasteiger partial charge is 0.486 e. The number of hydrogen-bond donors (Lipinski definition) is 1. The standard InChI is InChI=1S/C30H26ClN3O2/c31-25-14-11-23(12-15-25)20-34-28-16-13-24(30(35)32-18-17-22-7-3-1-4-8-22)19-27(28)33-29(34)21-36-26-9-5-2-6-10-26/h1-16,19H,17-18,20-21H2,(H,32,35). The summed E-state index contributed by atoms with van der Waals surface area (Å²) >= 11 is 6.08. The molecule has 36 heavy (non-hydrogen) atoms. The van der Waals surface area contributed by atoms with Crippen molar-refractivity contribution in [3.8, 4) is 5.75 Å². The highest BCUT2D eigenvalue weighted by molar-refractivity contribution is 6.30. The Hall–Kier alpha value is -4.09. The second-order valence-corrected chi connectivity index (χ2v) is 8.97. The van der Waals surface area contributed by atoms with Gasteiger partial charge in [-0.2, -0.15) is 0 Å². The average Bonchev–Trinajstić information content (AvgIpc) is 3.26. The molecule has 0 spiro atoms. The molecule has 1 amide bonds. The number of para-hydroxylation sites is 1. The van der Waals surface area contributed by atoms with Gasteiger partial charge in [0.1, 0.15) is 18.2 Å². The van der Waals surface area contributed by atoms with Gasteiger partial charge in [-0.1, -0.05) is 72.3 Å². The van der Waals surface area contributed by atoms with E-state index in [0.717, 1.165) is 34.6 Å². The minimum Gasteiger partial charge on any atom is -0.486 e. The Morgan fingerprint density at radius 2 is 1.58 bits per heavy atom. The predicted molar refractivity (Wildman–Crippen MR) is 144 cm³/mol. The first-order chi connectivity index (χ1) is 17.7. The Morgan fingerprint density at radius 3 is 2.33 bits per heavy atom. The predicted octanol–water partition coefficient (Wildman–Crippen LogP) is 6.29. The van der Waals surface area contributed by atoms with Gasteiger partial charge in [0, 0.05) is 23.7 Å². The number of ether oxygens (including phenoxy) is 1. The van der Waals surface area contributed by atoms with Crippen molar-refractivity contribution in [1.82, 2.24) is 14.9 Å². The summed E-state index contributed by atoms with van der Waals surface area (Å²) in [6, 6.07) is 33.2. The molecule has 0 bridgehead atoms. The van der Waals surface area contributed by atoms with E-state index in [2.05, 4.69) is 22.0 Å². The molecule has 5 aromatic rings. The number of carbonyl (C=O) groups is 1. The van der Waals surface area contributed by atoms with Gasteiger partial charge >= 0.3 is 0 Å². The van der Waals surface area contributed by atoms with Crippen LogP contribution in [0.4, 0.5) is 0 Å². The van der Waals surface area contributed by atoms with E-state index in [1.807, 2.05) is 91.0 Å². The lowest BCUT2D eigenvalue weighted by atomic mass is 10.1. The lowest BCUT2D eigenvalue weighted by Gasteiger charge is -2.11. The topological polar surface area (TPSA) is 56.1 Å². The molecule has 1 N–H and O–H groups in total. The SMILES string of the molecule is O=C(NCCc1ccccc1)c1ccc2c(c1)nc(COc1ccccc1)n2Cc1ccc(Cl)cc1. The molecular formula is C30H26ClN3O2. The maximum Gasteiger partial charge on any atom is 0.251 e. The molecule has 6 heteroatoms. The van der Waals surface area contributed by atoms with E-state index in [1.165, 1.54) is 5.56 Å². The molecule has 1 aromatic heterocycles. The lowest BCUT2D eigenvalue weighted by molar-refractivity contribution is 0.0954. The zero-order valence-electron chi connectivity index (χ0n) is 19.7. The molecule has 5 rings (SSSR count). The number of rotatable bonds is 9. The van der Waals surface area contributed by atoms with Crippen molar-refractivity contribution >= 4 is 28.5 Å². The minimum absolute atomic E-state index is 0.109. The van der Waals surface area contributed by atoms with Crippen LogP contribution in [0.2, 0.25) is 5.02 Å². The van der Waals surface area contributed by atoms with Crippen molar-refractivity contribution in [2.45, 2.75) is 19.6 Å². The number of hydrogen-bond acceptors (Lipinski definition) is 3. The van der Waals surface area contributed by atoms with E-state index < -0.39 is 0 Å². The van der Waals surface area contributed by atoms with Crippen LogP contribution in [0.3, 0.4) is 0 Å². The Morgan fingerprint density at radius 1 is 0.861 bits per heavy atom. The van der Waals surface area contributed by atoms with Gasteiger partial charge in [0.2, 0.25) is 0 Å². The third-order valence-corrected chi connectivity index (χ3v) is 6.25. The van der Waals surface area contributed by atoms with Crippen molar-refractivity contribution in [3.63, 3.8) is 0 Å². The van der Waals surface area contributed by atoms with Crippen molar-refractivity contribution in [2.24, 2.45) is 0 Å². The van der Waals surface area contributed by atoms with Gasteiger partial charge in [-0.25, -0.2) is 4.98 Å². The quantitative estimate of drug-likeness (QED) is 0.261. The van der Waals surface area contributed by atoms with Crippen LogP contribution in [-0.4, -0.2) is 22.0 Å². The molecule has 5 nitrogen and oxygen atoms in total. The van der Waals surface area contributed by atoms with Gasteiger partial charge in [0.15, 0.2) is 0 Å². The summed E-state index contributed by atoms with van der Waals surface area (Å²) in [5.74, 6) is 1.45. The van der Waals surface area contributed by atoms with Crippen LogP contribution in [-0.2, 0) is 19.6 Å². The molecule has 0 aliphatic carbocycles. The fourth-order valence-corrected chi connectivity index (χ4v) is 4.24. The van der Waals surface area contributed by atoms with Crippen LogP contribution in [0.15, 0.2) is 103 Å². The highest BCUT2D eigenvalue weighted by Gasteiger charge is 2.15. The summed E-state index contributed by atoms with van der Waals surface area (Å²) in [4.78, 5) is 17.7. The first-order valence-corrected chi connectivity index (χ1v) is 12.3. The van der Waals surface area contributed by atoms with E-state index in [-0.39, 0.29) is 5.91 Å². The minimum atomic E-state index is -0.109. The summed E-state index contributed by atoms with van der Waals surface area (Å²) in [5.41, 5.74) is 4.57. The number of nitrogens with one attached hydrogen (secondary N) is 1. The summed E-state index contributed by atoms with van der Waals surface area (Å²) in [6.45, 7) is 1.50. The maximum atomic E-state index is 12.8. The summed E-state index contributed by atoms with van der Waals surface area (Å²) < 4.78 is 8.13. The van der Waals surface area contributed by atoms with Crippen LogP contribution in [0.25, 0.3) is 11.0 Å². The van der Waals surface area contributed by atoms with Gasteiger partial charge < -0.3 is 14.6 Å². The molecule has 0 atom stereocenters. The highest BCUT2D eigenvalue weighted by Crippen LogP contribution is 2.22. The molecule has 0 aliphatic heterocycles. The van der Waals surface area contributed by atoms with Gasteiger partial charge in [0.25, 0.3) is 5.91 Å². The fourth-order valence-electron chi connectivity index (χ4n) is 4.11. The van der Waals surface area contributed by atoms with Crippen LogP contribution >= 0.6 is 11.6 Å².